The standard InChI is InChI=1S/C17H17NO2/c1-11(17(19)20-2)18-14-7-8-16-13(10-14)9-12-5-3-4-6-15(12)16/h3-8,10-11,18H,9H2,1-2H3. The maximum Gasteiger partial charge on any atom is 0.327 e. The summed E-state index contributed by atoms with van der Waals surface area (Å²) in [4.78, 5) is 11.4. The van der Waals surface area contributed by atoms with Crippen LogP contribution in [0.4, 0.5) is 5.69 Å². The van der Waals surface area contributed by atoms with Gasteiger partial charge in [0.1, 0.15) is 6.04 Å². The van der Waals surface area contributed by atoms with Crippen molar-refractivity contribution in [3.63, 3.8) is 0 Å². The summed E-state index contributed by atoms with van der Waals surface area (Å²) in [6, 6.07) is 14.4. The lowest BCUT2D eigenvalue weighted by Gasteiger charge is -2.14. The Balaban J connectivity index is 1.86. The minimum atomic E-state index is -0.346. The molecule has 0 saturated heterocycles. The minimum Gasteiger partial charge on any atom is -0.467 e. The smallest absolute Gasteiger partial charge is 0.327 e. The van der Waals surface area contributed by atoms with Gasteiger partial charge in [0.15, 0.2) is 0 Å². The first-order valence-corrected chi connectivity index (χ1v) is 6.74. The average molecular weight is 267 g/mol. The van der Waals surface area contributed by atoms with Crippen LogP contribution in [0, 0.1) is 0 Å². The number of hydrogen-bond donors (Lipinski definition) is 1. The van der Waals surface area contributed by atoms with Gasteiger partial charge < -0.3 is 10.1 Å². The summed E-state index contributed by atoms with van der Waals surface area (Å²) in [6.45, 7) is 1.80. The summed E-state index contributed by atoms with van der Waals surface area (Å²) in [7, 11) is 1.40. The molecule has 0 heterocycles. The van der Waals surface area contributed by atoms with Crippen LogP contribution in [0.1, 0.15) is 18.1 Å². The first kappa shape index (κ1) is 12.7. The van der Waals surface area contributed by atoms with Crippen LogP contribution in [-0.4, -0.2) is 19.1 Å². The molecule has 0 radical (unpaired) electrons. The summed E-state index contributed by atoms with van der Waals surface area (Å²) in [6.07, 6.45) is 0.952. The van der Waals surface area contributed by atoms with Crippen molar-refractivity contribution in [3.05, 3.63) is 53.6 Å². The third-order valence-electron chi connectivity index (χ3n) is 3.73. The molecule has 1 atom stereocenters. The summed E-state index contributed by atoms with van der Waals surface area (Å²) < 4.78 is 4.73. The van der Waals surface area contributed by atoms with Crippen LogP contribution in [-0.2, 0) is 16.0 Å². The second kappa shape index (κ2) is 5.00. The normalized spacial score (nSPS) is 13.3. The van der Waals surface area contributed by atoms with E-state index in [0.717, 1.165) is 12.1 Å². The molecule has 1 aliphatic rings. The number of fused-ring (bicyclic) bond motifs is 3. The lowest BCUT2D eigenvalue weighted by molar-refractivity contribution is -0.141. The van der Waals surface area contributed by atoms with E-state index in [1.54, 1.807) is 6.92 Å². The number of anilines is 1. The minimum absolute atomic E-state index is 0.256. The largest absolute Gasteiger partial charge is 0.467 e. The molecule has 20 heavy (non-hydrogen) atoms. The van der Waals surface area contributed by atoms with Crippen molar-refractivity contribution in [2.75, 3.05) is 12.4 Å². The lowest BCUT2D eigenvalue weighted by Crippen LogP contribution is -2.27. The van der Waals surface area contributed by atoms with Crippen molar-refractivity contribution in [1.82, 2.24) is 0 Å². The number of carbonyl (C=O) groups is 1. The first-order chi connectivity index (χ1) is 9.69. The lowest BCUT2D eigenvalue weighted by atomic mass is 10.1. The van der Waals surface area contributed by atoms with Crippen LogP contribution < -0.4 is 5.32 Å². The van der Waals surface area contributed by atoms with E-state index in [1.165, 1.54) is 29.4 Å². The van der Waals surface area contributed by atoms with Crippen molar-refractivity contribution in [2.45, 2.75) is 19.4 Å². The Hall–Kier alpha value is -2.29. The van der Waals surface area contributed by atoms with Gasteiger partial charge in [-0.1, -0.05) is 30.3 Å². The number of benzene rings is 2. The van der Waals surface area contributed by atoms with Gasteiger partial charge in [0, 0.05) is 5.69 Å². The van der Waals surface area contributed by atoms with Crippen LogP contribution in [0.15, 0.2) is 42.5 Å². The fourth-order valence-corrected chi connectivity index (χ4v) is 2.72. The molecule has 1 N–H and O–H groups in total. The number of hydrogen-bond acceptors (Lipinski definition) is 3. The van der Waals surface area contributed by atoms with E-state index >= 15 is 0 Å². The Kier molecular flexibility index (Phi) is 3.18. The van der Waals surface area contributed by atoms with Gasteiger partial charge in [-0.25, -0.2) is 4.79 Å². The molecular formula is C17H17NO2. The average Bonchev–Trinajstić information content (AvgIpc) is 2.83. The van der Waals surface area contributed by atoms with Crippen LogP contribution >= 0.6 is 0 Å². The SMILES string of the molecule is COC(=O)C(C)Nc1ccc2c(c1)Cc1ccccc1-2. The Morgan fingerprint density at radius 2 is 1.90 bits per heavy atom. The third-order valence-corrected chi connectivity index (χ3v) is 3.73. The number of esters is 1. The number of rotatable bonds is 3. The molecule has 0 bridgehead atoms. The van der Waals surface area contributed by atoms with E-state index in [0.29, 0.717) is 0 Å². The summed E-state index contributed by atoms with van der Waals surface area (Å²) in [5, 5.41) is 3.17. The van der Waals surface area contributed by atoms with Gasteiger partial charge in [0.25, 0.3) is 0 Å². The second-order valence-corrected chi connectivity index (χ2v) is 5.10. The van der Waals surface area contributed by atoms with E-state index in [2.05, 4.69) is 41.7 Å². The monoisotopic (exact) mass is 267 g/mol. The molecule has 0 amide bonds. The maximum absolute atomic E-state index is 11.4. The highest BCUT2D eigenvalue weighted by Crippen LogP contribution is 2.37. The van der Waals surface area contributed by atoms with Gasteiger partial charge in [-0.05, 0) is 47.7 Å². The van der Waals surface area contributed by atoms with Gasteiger partial charge in [0.2, 0.25) is 0 Å². The Morgan fingerprint density at radius 3 is 2.70 bits per heavy atom. The molecule has 0 fully saturated rings. The fraction of sp³-hybridized carbons (Fsp3) is 0.235. The Bertz CT molecular complexity index is 664. The molecule has 0 aliphatic heterocycles. The predicted octanol–water partition coefficient (Wildman–Crippen LogP) is 3.23. The van der Waals surface area contributed by atoms with Crippen molar-refractivity contribution < 1.29 is 9.53 Å². The van der Waals surface area contributed by atoms with Crippen LogP contribution in [0.5, 0.6) is 0 Å². The number of methoxy groups -OCH3 is 1. The molecule has 1 aliphatic carbocycles. The molecule has 3 nitrogen and oxygen atoms in total. The second-order valence-electron chi connectivity index (χ2n) is 5.10. The van der Waals surface area contributed by atoms with E-state index in [-0.39, 0.29) is 12.0 Å². The predicted molar refractivity (Wildman–Crippen MR) is 79.8 cm³/mol. The molecule has 0 spiro atoms. The van der Waals surface area contributed by atoms with Crippen LogP contribution in [0.3, 0.4) is 0 Å². The van der Waals surface area contributed by atoms with Gasteiger partial charge in [-0.3, -0.25) is 0 Å². The highest BCUT2D eigenvalue weighted by molar-refractivity contribution is 5.81. The molecule has 2 aromatic rings. The van der Waals surface area contributed by atoms with Gasteiger partial charge in [-0.2, -0.15) is 0 Å². The van der Waals surface area contributed by atoms with Crippen molar-refractivity contribution in [3.8, 4) is 11.1 Å². The molecule has 2 aromatic carbocycles. The zero-order valence-electron chi connectivity index (χ0n) is 11.6. The molecule has 1 unspecified atom stereocenters. The van der Waals surface area contributed by atoms with E-state index in [1.807, 2.05) is 6.07 Å². The molecule has 102 valence electrons. The molecule has 0 aromatic heterocycles. The van der Waals surface area contributed by atoms with E-state index < -0.39 is 0 Å². The van der Waals surface area contributed by atoms with Gasteiger partial charge in [0.05, 0.1) is 7.11 Å². The number of nitrogens with one attached hydrogen (secondary N) is 1. The van der Waals surface area contributed by atoms with Gasteiger partial charge in [-0.15, -0.1) is 0 Å². The summed E-state index contributed by atoms with van der Waals surface area (Å²) >= 11 is 0. The first-order valence-electron chi connectivity index (χ1n) is 6.74. The van der Waals surface area contributed by atoms with Crippen molar-refractivity contribution >= 4 is 11.7 Å². The summed E-state index contributed by atoms with van der Waals surface area (Å²) in [5.74, 6) is -0.256. The Labute approximate surface area is 118 Å². The molecule has 0 saturated carbocycles. The summed E-state index contributed by atoms with van der Waals surface area (Å²) in [5.41, 5.74) is 6.22. The van der Waals surface area contributed by atoms with E-state index in [9.17, 15) is 4.79 Å². The zero-order chi connectivity index (χ0) is 14.1. The molecule has 3 rings (SSSR count). The van der Waals surface area contributed by atoms with E-state index in [4.69, 9.17) is 4.74 Å². The van der Waals surface area contributed by atoms with Gasteiger partial charge >= 0.3 is 5.97 Å². The number of ether oxygens (including phenoxy) is 1. The highest BCUT2D eigenvalue weighted by Gasteiger charge is 2.19. The topological polar surface area (TPSA) is 38.3 Å². The fourth-order valence-electron chi connectivity index (χ4n) is 2.72. The zero-order valence-corrected chi connectivity index (χ0v) is 11.6. The molecular weight excluding hydrogens is 250 g/mol. The van der Waals surface area contributed by atoms with Crippen molar-refractivity contribution in [2.24, 2.45) is 0 Å². The van der Waals surface area contributed by atoms with Crippen molar-refractivity contribution in [1.29, 1.82) is 0 Å². The highest BCUT2D eigenvalue weighted by atomic mass is 16.5. The number of carbonyl (C=O) groups excluding carboxylic acids is 1. The quantitative estimate of drug-likeness (QED) is 0.740. The van der Waals surface area contributed by atoms with Crippen LogP contribution in [0.2, 0.25) is 0 Å². The maximum atomic E-state index is 11.4. The molecule has 3 heteroatoms. The third kappa shape index (κ3) is 2.16. The van der Waals surface area contributed by atoms with Crippen LogP contribution in [0.25, 0.3) is 11.1 Å². The Morgan fingerprint density at radius 1 is 1.15 bits per heavy atom.